The maximum atomic E-state index is 8.71. The molecule has 114 valence electrons. The van der Waals surface area contributed by atoms with Gasteiger partial charge in [0.15, 0.2) is 0 Å². The van der Waals surface area contributed by atoms with Gasteiger partial charge in [0.1, 0.15) is 5.84 Å². The first kappa shape index (κ1) is 18.2. The lowest BCUT2D eigenvalue weighted by atomic mass is 9.86. The van der Waals surface area contributed by atoms with E-state index in [9.17, 15) is 0 Å². The van der Waals surface area contributed by atoms with Crippen LogP contribution in [0.4, 0.5) is 0 Å². The number of oxime groups is 1. The molecular weight excluding hydrogens is 238 g/mol. The minimum Gasteiger partial charge on any atom is -0.409 e. The highest BCUT2D eigenvalue weighted by molar-refractivity contribution is 5.85. The highest BCUT2D eigenvalue weighted by Gasteiger charge is 2.22. The Morgan fingerprint density at radius 2 is 2.00 bits per heavy atom. The Morgan fingerprint density at radius 1 is 1.32 bits per heavy atom. The van der Waals surface area contributed by atoms with Crippen LogP contribution in [0, 0.1) is 11.3 Å². The zero-order chi connectivity index (χ0) is 14.7. The zero-order valence-corrected chi connectivity index (χ0v) is 13.2. The van der Waals surface area contributed by atoms with Gasteiger partial charge in [0.25, 0.3) is 0 Å². The van der Waals surface area contributed by atoms with Crippen LogP contribution in [-0.4, -0.2) is 24.1 Å². The predicted octanol–water partition coefficient (Wildman–Crippen LogP) is 3.35. The Bertz CT molecular complexity index is 252. The molecule has 0 aliphatic heterocycles. The van der Waals surface area contributed by atoms with Crippen LogP contribution in [-0.2, 0) is 0 Å². The van der Waals surface area contributed by atoms with E-state index >= 15 is 0 Å². The highest BCUT2D eigenvalue weighted by atomic mass is 16.4. The van der Waals surface area contributed by atoms with Crippen LogP contribution < -0.4 is 11.1 Å². The lowest BCUT2D eigenvalue weighted by Gasteiger charge is -2.23. The summed E-state index contributed by atoms with van der Waals surface area (Å²) < 4.78 is 0. The summed E-state index contributed by atoms with van der Waals surface area (Å²) in [7, 11) is 0. The first-order valence-corrected chi connectivity index (χ1v) is 7.66. The van der Waals surface area contributed by atoms with Gasteiger partial charge in [-0.2, -0.15) is 0 Å². The number of amidine groups is 1. The Hall–Kier alpha value is -0.770. The molecule has 19 heavy (non-hydrogen) atoms. The van der Waals surface area contributed by atoms with E-state index in [1.54, 1.807) is 0 Å². The number of hydrogen-bond acceptors (Lipinski definition) is 3. The third-order valence-corrected chi connectivity index (χ3v) is 3.93. The van der Waals surface area contributed by atoms with Gasteiger partial charge in [0.2, 0.25) is 0 Å². The minimum absolute atomic E-state index is 0.219. The largest absolute Gasteiger partial charge is 0.409 e. The van der Waals surface area contributed by atoms with Crippen molar-refractivity contribution >= 4 is 5.84 Å². The summed E-state index contributed by atoms with van der Waals surface area (Å²) >= 11 is 0. The molecule has 4 heteroatoms. The van der Waals surface area contributed by atoms with Gasteiger partial charge in [0.05, 0.1) is 0 Å². The van der Waals surface area contributed by atoms with Gasteiger partial charge in [-0.1, -0.05) is 52.1 Å². The average molecular weight is 271 g/mol. The van der Waals surface area contributed by atoms with Crippen LogP contribution in [0.15, 0.2) is 5.16 Å². The fourth-order valence-corrected chi connectivity index (χ4v) is 2.17. The molecule has 0 aromatic carbocycles. The molecule has 4 nitrogen and oxygen atoms in total. The van der Waals surface area contributed by atoms with Gasteiger partial charge in [0, 0.05) is 5.41 Å². The van der Waals surface area contributed by atoms with E-state index in [2.05, 4.69) is 24.3 Å². The van der Waals surface area contributed by atoms with Gasteiger partial charge in [-0.15, -0.1) is 0 Å². The molecule has 1 unspecified atom stereocenters. The molecule has 0 spiro atoms. The van der Waals surface area contributed by atoms with Crippen molar-refractivity contribution in [1.29, 1.82) is 0 Å². The summed E-state index contributed by atoms with van der Waals surface area (Å²) in [4.78, 5) is 0. The van der Waals surface area contributed by atoms with E-state index in [1.807, 2.05) is 13.8 Å². The zero-order valence-electron chi connectivity index (χ0n) is 13.2. The maximum Gasteiger partial charge on any atom is 0.144 e. The SMILES string of the molecule is CCCCC(CC)CNCCCC(C)(C)C(N)=NO. The Kier molecular flexibility index (Phi) is 9.66. The first-order chi connectivity index (χ1) is 8.97. The van der Waals surface area contributed by atoms with Crippen molar-refractivity contribution in [3.05, 3.63) is 0 Å². The second kappa shape index (κ2) is 10.1. The van der Waals surface area contributed by atoms with Gasteiger partial charge in [-0.25, -0.2) is 0 Å². The van der Waals surface area contributed by atoms with Crippen molar-refractivity contribution in [2.75, 3.05) is 13.1 Å². The quantitative estimate of drug-likeness (QED) is 0.177. The van der Waals surface area contributed by atoms with Crippen LogP contribution in [0.25, 0.3) is 0 Å². The van der Waals surface area contributed by atoms with Crippen LogP contribution in [0.3, 0.4) is 0 Å². The summed E-state index contributed by atoms with van der Waals surface area (Å²) in [5.41, 5.74) is 5.45. The van der Waals surface area contributed by atoms with Crippen LogP contribution in [0.2, 0.25) is 0 Å². The lowest BCUT2D eigenvalue weighted by Crippen LogP contribution is -2.33. The third-order valence-electron chi connectivity index (χ3n) is 3.93. The average Bonchev–Trinajstić information content (AvgIpc) is 2.40. The summed E-state index contributed by atoms with van der Waals surface area (Å²) in [5.74, 6) is 1.12. The number of rotatable bonds is 11. The van der Waals surface area contributed by atoms with E-state index in [0.29, 0.717) is 5.84 Å². The van der Waals surface area contributed by atoms with Crippen LogP contribution in [0.5, 0.6) is 0 Å². The Morgan fingerprint density at radius 3 is 2.53 bits per heavy atom. The summed E-state index contributed by atoms with van der Waals surface area (Å²) in [6, 6.07) is 0. The second-order valence-electron chi connectivity index (χ2n) is 6.09. The molecular formula is C15H33N3O. The molecule has 0 amide bonds. The smallest absolute Gasteiger partial charge is 0.144 e. The number of nitrogens with zero attached hydrogens (tertiary/aromatic N) is 1. The molecule has 0 saturated heterocycles. The van der Waals surface area contributed by atoms with Crippen LogP contribution in [0.1, 0.15) is 66.2 Å². The molecule has 0 heterocycles. The standard InChI is InChI=1S/C15H33N3O/c1-5-7-9-13(6-2)12-17-11-8-10-15(3,4)14(16)18-19/h13,17,19H,5-12H2,1-4H3,(H2,16,18). The topological polar surface area (TPSA) is 70.6 Å². The Labute approximate surface area is 118 Å². The normalized spacial score (nSPS) is 14.6. The molecule has 0 aliphatic carbocycles. The van der Waals surface area contributed by atoms with E-state index < -0.39 is 0 Å². The number of unbranched alkanes of at least 4 members (excludes halogenated alkanes) is 1. The van der Waals surface area contributed by atoms with Crippen molar-refractivity contribution in [3.8, 4) is 0 Å². The molecule has 0 saturated carbocycles. The minimum atomic E-state index is -0.219. The maximum absolute atomic E-state index is 8.71. The third kappa shape index (κ3) is 8.09. The van der Waals surface area contributed by atoms with Crippen molar-refractivity contribution in [1.82, 2.24) is 5.32 Å². The molecule has 0 aromatic heterocycles. The summed E-state index contributed by atoms with van der Waals surface area (Å²) in [5, 5.41) is 15.3. The van der Waals surface area contributed by atoms with Crippen molar-refractivity contribution < 1.29 is 5.21 Å². The fraction of sp³-hybridized carbons (Fsp3) is 0.933. The van der Waals surface area contributed by atoms with Gasteiger partial charge < -0.3 is 16.3 Å². The monoisotopic (exact) mass is 271 g/mol. The van der Waals surface area contributed by atoms with E-state index in [1.165, 1.54) is 25.7 Å². The molecule has 0 aliphatic rings. The van der Waals surface area contributed by atoms with Gasteiger partial charge in [-0.05, 0) is 38.3 Å². The van der Waals surface area contributed by atoms with Gasteiger partial charge >= 0.3 is 0 Å². The molecule has 0 bridgehead atoms. The molecule has 4 N–H and O–H groups in total. The summed E-state index contributed by atoms with van der Waals surface area (Å²) in [6.45, 7) is 10.7. The molecule has 0 radical (unpaired) electrons. The van der Waals surface area contributed by atoms with Crippen molar-refractivity contribution in [3.63, 3.8) is 0 Å². The number of nitrogens with one attached hydrogen (secondary N) is 1. The predicted molar refractivity (Wildman–Crippen MR) is 82.6 cm³/mol. The van der Waals surface area contributed by atoms with Crippen molar-refractivity contribution in [2.45, 2.75) is 66.2 Å². The Balaban J connectivity index is 3.74. The molecule has 0 fully saturated rings. The lowest BCUT2D eigenvalue weighted by molar-refractivity contribution is 0.304. The molecule has 0 aromatic rings. The van der Waals surface area contributed by atoms with E-state index in [4.69, 9.17) is 10.9 Å². The molecule has 1 atom stereocenters. The van der Waals surface area contributed by atoms with Crippen LogP contribution >= 0.6 is 0 Å². The first-order valence-electron chi connectivity index (χ1n) is 7.66. The van der Waals surface area contributed by atoms with E-state index in [-0.39, 0.29) is 5.41 Å². The number of nitrogens with two attached hydrogens (primary N) is 1. The highest BCUT2D eigenvalue weighted by Crippen LogP contribution is 2.22. The number of hydrogen-bond donors (Lipinski definition) is 3. The summed E-state index contributed by atoms with van der Waals surface area (Å²) in [6.07, 6.45) is 7.18. The molecule has 0 rings (SSSR count). The second-order valence-corrected chi connectivity index (χ2v) is 6.09. The fourth-order valence-electron chi connectivity index (χ4n) is 2.17. The van der Waals surface area contributed by atoms with Crippen molar-refractivity contribution in [2.24, 2.45) is 22.2 Å². The van der Waals surface area contributed by atoms with Gasteiger partial charge in [-0.3, -0.25) is 0 Å². The van der Waals surface area contributed by atoms with E-state index in [0.717, 1.165) is 31.8 Å².